The molecule has 0 aliphatic carbocycles. The number of fused-ring (bicyclic) bond motifs is 1. The van der Waals surface area contributed by atoms with Gasteiger partial charge in [0, 0.05) is 6.42 Å². The number of carbonyl (C=O) groups excluding carboxylic acids is 1. The highest BCUT2D eigenvalue weighted by atomic mass is 16.4. The van der Waals surface area contributed by atoms with Crippen LogP contribution >= 0.6 is 0 Å². The molecule has 0 saturated carbocycles. The van der Waals surface area contributed by atoms with Crippen LogP contribution in [0.5, 0.6) is 0 Å². The third-order valence-corrected chi connectivity index (χ3v) is 3.42. The molecule has 2 aromatic heterocycles. The van der Waals surface area contributed by atoms with Crippen LogP contribution in [0.15, 0.2) is 17.0 Å². The summed E-state index contributed by atoms with van der Waals surface area (Å²) in [5.41, 5.74) is 0.845. The van der Waals surface area contributed by atoms with Crippen LogP contribution in [0.3, 0.4) is 0 Å². The minimum Gasteiger partial charge on any atom is -0.432 e. The molecule has 2 aromatic rings. The predicted molar refractivity (Wildman–Crippen MR) is 74.8 cm³/mol. The maximum Gasteiger partial charge on any atom is 0.323 e. The second-order valence-corrected chi connectivity index (χ2v) is 5.09. The summed E-state index contributed by atoms with van der Waals surface area (Å²) in [5, 5.41) is 9.64. The van der Waals surface area contributed by atoms with Crippen molar-refractivity contribution >= 4 is 12.0 Å². The summed E-state index contributed by atoms with van der Waals surface area (Å²) in [5.74, 6) is 0.963. The van der Waals surface area contributed by atoms with E-state index in [4.69, 9.17) is 4.42 Å². The van der Waals surface area contributed by atoms with Crippen molar-refractivity contribution in [3.05, 3.63) is 24.1 Å². The number of urea groups is 1. The Bertz CT molecular complexity index is 620. The number of hydrogen-bond acceptors (Lipinski definition) is 5. The van der Waals surface area contributed by atoms with Gasteiger partial charge in [-0.1, -0.05) is 13.3 Å². The van der Waals surface area contributed by atoms with E-state index in [0.29, 0.717) is 6.54 Å². The first-order valence-electron chi connectivity index (χ1n) is 7.13. The minimum atomic E-state index is -0.312. The highest BCUT2D eigenvalue weighted by Crippen LogP contribution is 2.12. The summed E-state index contributed by atoms with van der Waals surface area (Å²) in [6.07, 6.45) is 6.59. The van der Waals surface area contributed by atoms with Crippen molar-refractivity contribution in [3.8, 4) is 0 Å². The number of rotatable bonds is 4. The molecule has 1 atom stereocenters. The van der Waals surface area contributed by atoms with E-state index in [-0.39, 0.29) is 18.1 Å². The first-order valence-corrected chi connectivity index (χ1v) is 7.13. The quantitative estimate of drug-likeness (QED) is 0.885. The zero-order chi connectivity index (χ0) is 14.7. The maximum absolute atomic E-state index is 11.9. The van der Waals surface area contributed by atoms with Gasteiger partial charge in [-0.3, -0.25) is 5.32 Å². The molecule has 1 aliphatic rings. The second kappa shape index (κ2) is 5.94. The normalized spacial score (nSPS) is 17.3. The van der Waals surface area contributed by atoms with Gasteiger partial charge in [0.25, 0.3) is 0 Å². The largest absolute Gasteiger partial charge is 0.432 e. The van der Waals surface area contributed by atoms with Crippen LogP contribution in [-0.4, -0.2) is 31.8 Å². The molecule has 8 heteroatoms. The Balaban J connectivity index is 1.52. The number of carbonyl (C=O) groups is 1. The first-order chi connectivity index (χ1) is 10.2. The third kappa shape index (κ3) is 3.21. The van der Waals surface area contributed by atoms with Crippen LogP contribution in [0.2, 0.25) is 0 Å². The zero-order valence-electron chi connectivity index (χ0n) is 11.9. The van der Waals surface area contributed by atoms with Crippen molar-refractivity contribution < 1.29 is 9.21 Å². The third-order valence-electron chi connectivity index (χ3n) is 3.42. The van der Waals surface area contributed by atoms with Crippen molar-refractivity contribution in [2.45, 2.75) is 45.2 Å². The number of aryl methyl sites for hydroxylation is 2. The number of anilines is 1. The molecule has 21 heavy (non-hydrogen) atoms. The summed E-state index contributed by atoms with van der Waals surface area (Å²) in [7, 11) is 0. The van der Waals surface area contributed by atoms with Gasteiger partial charge in [0.1, 0.15) is 18.4 Å². The van der Waals surface area contributed by atoms with E-state index in [1.807, 2.05) is 4.68 Å². The molecule has 8 nitrogen and oxygen atoms in total. The summed E-state index contributed by atoms with van der Waals surface area (Å²) in [4.78, 5) is 20.3. The first kappa shape index (κ1) is 13.6. The Kier molecular flexibility index (Phi) is 3.85. The standard InChI is InChI=1S/C13H18N6O2/c1-2-3-10-7-21-13(17-10)18-12(20)16-9-4-5-11-14-8-15-19(11)6-9/h7-9H,2-6H2,1H3,(H2,16,17,18,20). The number of nitrogens with zero attached hydrogens (tertiary/aromatic N) is 4. The number of oxazole rings is 1. The lowest BCUT2D eigenvalue weighted by atomic mass is 10.1. The fraction of sp³-hybridized carbons (Fsp3) is 0.538. The van der Waals surface area contributed by atoms with Crippen molar-refractivity contribution in [1.82, 2.24) is 25.1 Å². The van der Waals surface area contributed by atoms with Crippen molar-refractivity contribution in [2.75, 3.05) is 5.32 Å². The highest BCUT2D eigenvalue weighted by Gasteiger charge is 2.21. The number of nitrogens with one attached hydrogen (secondary N) is 2. The molecule has 1 aliphatic heterocycles. The second-order valence-electron chi connectivity index (χ2n) is 5.09. The van der Waals surface area contributed by atoms with E-state index in [1.54, 1.807) is 12.6 Å². The lowest BCUT2D eigenvalue weighted by Crippen LogP contribution is -2.43. The fourth-order valence-electron chi connectivity index (χ4n) is 2.41. The fourth-order valence-corrected chi connectivity index (χ4v) is 2.41. The van der Waals surface area contributed by atoms with Crippen LogP contribution in [0, 0.1) is 0 Å². The van der Waals surface area contributed by atoms with Gasteiger partial charge in [0.15, 0.2) is 0 Å². The van der Waals surface area contributed by atoms with Crippen LogP contribution < -0.4 is 10.6 Å². The predicted octanol–water partition coefficient (Wildman–Crippen LogP) is 1.36. The summed E-state index contributed by atoms with van der Waals surface area (Å²) in [6.45, 7) is 2.70. The van der Waals surface area contributed by atoms with Crippen molar-refractivity contribution in [1.29, 1.82) is 0 Å². The van der Waals surface area contributed by atoms with Gasteiger partial charge in [-0.25, -0.2) is 14.5 Å². The molecule has 0 saturated heterocycles. The highest BCUT2D eigenvalue weighted by molar-refractivity contribution is 5.87. The lowest BCUT2D eigenvalue weighted by Gasteiger charge is -2.23. The van der Waals surface area contributed by atoms with E-state index in [9.17, 15) is 4.79 Å². The Morgan fingerprint density at radius 2 is 2.48 bits per heavy atom. The molecule has 3 rings (SSSR count). The van der Waals surface area contributed by atoms with E-state index in [0.717, 1.165) is 37.2 Å². The summed E-state index contributed by atoms with van der Waals surface area (Å²) >= 11 is 0. The van der Waals surface area contributed by atoms with Gasteiger partial charge >= 0.3 is 12.0 Å². The van der Waals surface area contributed by atoms with Gasteiger partial charge < -0.3 is 9.73 Å². The number of hydrogen-bond donors (Lipinski definition) is 2. The van der Waals surface area contributed by atoms with Crippen molar-refractivity contribution in [3.63, 3.8) is 0 Å². The average molecular weight is 290 g/mol. The summed E-state index contributed by atoms with van der Waals surface area (Å²) < 4.78 is 7.03. The Morgan fingerprint density at radius 1 is 1.57 bits per heavy atom. The Hall–Kier alpha value is -2.38. The minimum absolute atomic E-state index is 0.0317. The van der Waals surface area contributed by atoms with Gasteiger partial charge in [0.05, 0.1) is 18.3 Å². The molecule has 1 unspecified atom stereocenters. The van der Waals surface area contributed by atoms with Crippen molar-refractivity contribution in [2.24, 2.45) is 0 Å². The van der Waals surface area contributed by atoms with Gasteiger partial charge in [-0.2, -0.15) is 10.1 Å². The lowest BCUT2D eigenvalue weighted by molar-refractivity contribution is 0.242. The summed E-state index contributed by atoms with van der Waals surface area (Å²) in [6, 6.07) is -0.0501. The molecule has 3 heterocycles. The molecule has 2 amide bonds. The molecule has 0 aromatic carbocycles. The molecule has 2 N–H and O–H groups in total. The SMILES string of the molecule is CCCc1coc(NC(=O)NC2CCc3ncnn3C2)n1. The monoisotopic (exact) mass is 290 g/mol. The zero-order valence-corrected chi connectivity index (χ0v) is 11.9. The topological polar surface area (TPSA) is 97.9 Å². The molecule has 0 bridgehead atoms. The van der Waals surface area contributed by atoms with Crippen LogP contribution in [-0.2, 0) is 19.4 Å². The molecular formula is C13H18N6O2. The van der Waals surface area contributed by atoms with E-state index >= 15 is 0 Å². The van der Waals surface area contributed by atoms with Gasteiger partial charge in [-0.05, 0) is 12.8 Å². The van der Waals surface area contributed by atoms with Gasteiger partial charge in [-0.15, -0.1) is 0 Å². The van der Waals surface area contributed by atoms with E-state index in [2.05, 4.69) is 32.6 Å². The molecule has 112 valence electrons. The smallest absolute Gasteiger partial charge is 0.323 e. The average Bonchev–Trinajstić information content (AvgIpc) is 3.08. The number of aromatic nitrogens is 4. The van der Waals surface area contributed by atoms with Crippen LogP contribution in [0.25, 0.3) is 0 Å². The molecule has 0 spiro atoms. The number of amides is 2. The molecule has 0 fully saturated rings. The van der Waals surface area contributed by atoms with E-state index < -0.39 is 0 Å². The van der Waals surface area contributed by atoms with Gasteiger partial charge in [0.2, 0.25) is 0 Å². The Morgan fingerprint density at radius 3 is 3.33 bits per heavy atom. The molecule has 0 radical (unpaired) electrons. The van der Waals surface area contributed by atoms with E-state index in [1.165, 1.54) is 0 Å². The maximum atomic E-state index is 11.9. The Labute approximate surface area is 122 Å². The molecular weight excluding hydrogens is 272 g/mol. The van der Waals surface area contributed by atoms with Crippen LogP contribution in [0.1, 0.15) is 31.3 Å². The van der Waals surface area contributed by atoms with Crippen LogP contribution in [0.4, 0.5) is 10.8 Å².